The quantitative estimate of drug-likeness (QED) is 0.908. The van der Waals surface area contributed by atoms with E-state index in [0.717, 1.165) is 16.9 Å². The lowest BCUT2D eigenvalue weighted by Gasteiger charge is -2.17. The molecule has 0 amide bonds. The highest BCUT2D eigenvalue weighted by Crippen LogP contribution is 2.29. The molecule has 2 aromatic carbocycles. The van der Waals surface area contributed by atoms with Crippen LogP contribution in [0.15, 0.2) is 36.4 Å². The molecule has 2 rings (SSSR count). The standard InChI is InChI=1S/C17H21NO/c1-11-5-8-15(16(9-11)19-4)17(18)14-7-6-12(2)13(3)10-14/h5-10,17H,18H2,1-4H3. The lowest BCUT2D eigenvalue weighted by atomic mass is 9.95. The fraction of sp³-hybridized carbons (Fsp3) is 0.294. The van der Waals surface area contributed by atoms with Gasteiger partial charge in [-0.05, 0) is 49.1 Å². The number of methoxy groups -OCH3 is 1. The minimum absolute atomic E-state index is 0.158. The van der Waals surface area contributed by atoms with Crippen LogP contribution in [0.2, 0.25) is 0 Å². The van der Waals surface area contributed by atoms with Gasteiger partial charge in [-0.15, -0.1) is 0 Å². The molecule has 19 heavy (non-hydrogen) atoms. The number of hydrogen-bond donors (Lipinski definition) is 1. The highest BCUT2D eigenvalue weighted by molar-refractivity contribution is 5.44. The van der Waals surface area contributed by atoms with Crippen molar-refractivity contribution < 1.29 is 4.74 Å². The van der Waals surface area contributed by atoms with Crippen molar-refractivity contribution in [2.24, 2.45) is 5.73 Å². The van der Waals surface area contributed by atoms with Crippen molar-refractivity contribution in [3.63, 3.8) is 0 Å². The van der Waals surface area contributed by atoms with Crippen LogP contribution in [0.3, 0.4) is 0 Å². The number of aryl methyl sites for hydroxylation is 3. The van der Waals surface area contributed by atoms with E-state index < -0.39 is 0 Å². The normalized spacial score (nSPS) is 12.3. The van der Waals surface area contributed by atoms with E-state index in [1.165, 1.54) is 16.7 Å². The van der Waals surface area contributed by atoms with Crippen LogP contribution in [0, 0.1) is 20.8 Å². The van der Waals surface area contributed by atoms with Crippen molar-refractivity contribution in [3.8, 4) is 5.75 Å². The molecule has 0 heterocycles. The summed E-state index contributed by atoms with van der Waals surface area (Å²) in [5, 5.41) is 0. The maximum atomic E-state index is 6.38. The molecule has 2 N–H and O–H groups in total. The summed E-state index contributed by atoms with van der Waals surface area (Å²) in [7, 11) is 1.69. The van der Waals surface area contributed by atoms with Crippen LogP contribution in [-0.2, 0) is 0 Å². The third kappa shape index (κ3) is 2.79. The van der Waals surface area contributed by atoms with Crippen molar-refractivity contribution in [1.29, 1.82) is 0 Å². The van der Waals surface area contributed by atoms with Gasteiger partial charge in [0.05, 0.1) is 13.2 Å². The Morgan fingerprint density at radius 2 is 1.68 bits per heavy atom. The summed E-state index contributed by atoms with van der Waals surface area (Å²) < 4.78 is 5.44. The predicted molar refractivity (Wildman–Crippen MR) is 79.7 cm³/mol. The predicted octanol–water partition coefficient (Wildman–Crippen LogP) is 3.67. The first-order valence-electron chi connectivity index (χ1n) is 6.50. The molecular weight excluding hydrogens is 234 g/mol. The SMILES string of the molecule is COc1cc(C)ccc1C(N)c1ccc(C)c(C)c1. The molecule has 0 aromatic heterocycles. The molecular formula is C17H21NO. The second-order valence-electron chi connectivity index (χ2n) is 5.07. The highest BCUT2D eigenvalue weighted by atomic mass is 16.5. The van der Waals surface area contributed by atoms with E-state index >= 15 is 0 Å². The summed E-state index contributed by atoms with van der Waals surface area (Å²) in [6.45, 7) is 6.27. The number of nitrogens with two attached hydrogens (primary N) is 1. The van der Waals surface area contributed by atoms with E-state index in [9.17, 15) is 0 Å². The van der Waals surface area contributed by atoms with E-state index in [-0.39, 0.29) is 6.04 Å². The molecule has 100 valence electrons. The lowest BCUT2D eigenvalue weighted by Crippen LogP contribution is -2.13. The summed E-state index contributed by atoms with van der Waals surface area (Å²) in [5.41, 5.74) is 12.2. The lowest BCUT2D eigenvalue weighted by molar-refractivity contribution is 0.407. The number of rotatable bonds is 3. The molecule has 2 aromatic rings. The Kier molecular flexibility index (Phi) is 3.91. The zero-order chi connectivity index (χ0) is 14.0. The second kappa shape index (κ2) is 5.45. The monoisotopic (exact) mass is 255 g/mol. The Morgan fingerprint density at radius 1 is 0.947 bits per heavy atom. The second-order valence-corrected chi connectivity index (χ2v) is 5.07. The van der Waals surface area contributed by atoms with Gasteiger partial charge in [0.25, 0.3) is 0 Å². The van der Waals surface area contributed by atoms with Crippen LogP contribution in [0.25, 0.3) is 0 Å². The van der Waals surface area contributed by atoms with Crippen LogP contribution >= 0.6 is 0 Å². The zero-order valence-electron chi connectivity index (χ0n) is 12.0. The van der Waals surface area contributed by atoms with Crippen LogP contribution in [0.5, 0.6) is 5.75 Å². The van der Waals surface area contributed by atoms with Crippen molar-refractivity contribution in [2.45, 2.75) is 26.8 Å². The van der Waals surface area contributed by atoms with Gasteiger partial charge in [0.1, 0.15) is 5.75 Å². The summed E-state index contributed by atoms with van der Waals surface area (Å²) >= 11 is 0. The Bertz CT molecular complexity index is 590. The smallest absolute Gasteiger partial charge is 0.124 e. The maximum Gasteiger partial charge on any atom is 0.124 e. The molecule has 0 bridgehead atoms. The molecule has 0 aliphatic carbocycles. The minimum Gasteiger partial charge on any atom is -0.496 e. The van der Waals surface area contributed by atoms with Gasteiger partial charge in [0.2, 0.25) is 0 Å². The minimum atomic E-state index is -0.158. The largest absolute Gasteiger partial charge is 0.496 e. The molecule has 0 aliphatic heterocycles. The molecule has 2 heteroatoms. The van der Waals surface area contributed by atoms with Crippen molar-refractivity contribution in [3.05, 3.63) is 64.2 Å². The van der Waals surface area contributed by atoms with Crippen molar-refractivity contribution in [1.82, 2.24) is 0 Å². The third-order valence-electron chi connectivity index (χ3n) is 3.61. The van der Waals surface area contributed by atoms with Crippen LogP contribution in [0.1, 0.15) is 33.9 Å². The Hall–Kier alpha value is -1.80. The van der Waals surface area contributed by atoms with Crippen LogP contribution in [0.4, 0.5) is 0 Å². The van der Waals surface area contributed by atoms with Gasteiger partial charge in [0.15, 0.2) is 0 Å². The maximum absolute atomic E-state index is 6.38. The summed E-state index contributed by atoms with van der Waals surface area (Å²) in [6.07, 6.45) is 0. The molecule has 0 aliphatic rings. The first-order valence-corrected chi connectivity index (χ1v) is 6.50. The van der Waals surface area contributed by atoms with Crippen LogP contribution < -0.4 is 10.5 Å². The van der Waals surface area contributed by atoms with E-state index in [1.54, 1.807) is 7.11 Å². The summed E-state index contributed by atoms with van der Waals surface area (Å²) in [6, 6.07) is 12.3. The van der Waals surface area contributed by atoms with E-state index in [4.69, 9.17) is 10.5 Å². The van der Waals surface area contributed by atoms with Gasteiger partial charge >= 0.3 is 0 Å². The van der Waals surface area contributed by atoms with Gasteiger partial charge in [-0.25, -0.2) is 0 Å². The molecule has 0 spiro atoms. The topological polar surface area (TPSA) is 35.2 Å². The average molecular weight is 255 g/mol. The molecule has 0 saturated carbocycles. The zero-order valence-corrected chi connectivity index (χ0v) is 12.0. The van der Waals surface area contributed by atoms with Gasteiger partial charge < -0.3 is 10.5 Å². The first-order chi connectivity index (χ1) is 9.02. The molecule has 0 fully saturated rings. The molecule has 1 unspecified atom stereocenters. The Balaban J connectivity index is 2.43. The van der Waals surface area contributed by atoms with Gasteiger partial charge in [-0.1, -0.05) is 30.3 Å². The molecule has 0 radical (unpaired) electrons. The molecule has 1 atom stereocenters. The summed E-state index contributed by atoms with van der Waals surface area (Å²) in [5.74, 6) is 0.853. The van der Waals surface area contributed by atoms with E-state index in [1.807, 2.05) is 19.1 Å². The first kappa shape index (κ1) is 13.6. The number of benzene rings is 2. The number of ether oxygens (including phenoxy) is 1. The number of hydrogen-bond acceptors (Lipinski definition) is 2. The fourth-order valence-corrected chi connectivity index (χ4v) is 2.21. The molecule has 0 saturated heterocycles. The van der Waals surface area contributed by atoms with Gasteiger partial charge in [-0.2, -0.15) is 0 Å². The average Bonchev–Trinajstić information content (AvgIpc) is 2.41. The van der Waals surface area contributed by atoms with Gasteiger partial charge in [-0.3, -0.25) is 0 Å². The van der Waals surface area contributed by atoms with E-state index in [0.29, 0.717) is 0 Å². The van der Waals surface area contributed by atoms with E-state index in [2.05, 4.69) is 38.1 Å². The van der Waals surface area contributed by atoms with Gasteiger partial charge in [0, 0.05) is 5.56 Å². The molecule has 2 nitrogen and oxygen atoms in total. The highest BCUT2D eigenvalue weighted by Gasteiger charge is 2.14. The Morgan fingerprint density at radius 3 is 2.32 bits per heavy atom. The fourth-order valence-electron chi connectivity index (χ4n) is 2.21. The van der Waals surface area contributed by atoms with Crippen molar-refractivity contribution in [2.75, 3.05) is 7.11 Å². The van der Waals surface area contributed by atoms with Crippen LogP contribution in [-0.4, -0.2) is 7.11 Å². The third-order valence-corrected chi connectivity index (χ3v) is 3.61. The van der Waals surface area contributed by atoms with Crippen molar-refractivity contribution >= 4 is 0 Å². The summed E-state index contributed by atoms with van der Waals surface area (Å²) in [4.78, 5) is 0. The Labute approximate surface area is 115 Å².